The first-order valence-corrected chi connectivity index (χ1v) is 12.8. The smallest absolute Gasteiger partial charge is 0.311 e. The second kappa shape index (κ2) is 8.91. The molecule has 7 nitrogen and oxygen atoms in total. The maximum atomic E-state index is 14.3. The molecule has 0 aromatic rings. The molecule has 0 aromatic heterocycles. The van der Waals surface area contributed by atoms with Crippen molar-refractivity contribution >= 4 is 29.5 Å². The fourth-order valence-electron chi connectivity index (χ4n) is 6.18. The number of likely N-dealkylation sites (tertiary alicyclic amines) is 1. The molecule has 0 saturated carbocycles. The molecule has 3 heterocycles. The highest BCUT2D eigenvalue weighted by atomic mass is 32.2. The Kier molecular flexibility index (Phi) is 7.04. The van der Waals surface area contributed by atoms with Crippen molar-refractivity contribution in [3.05, 3.63) is 12.7 Å². The van der Waals surface area contributed by atoms with Gasteiger partial charge in [-0.25, -0.2) is 0 Å². The van der Waals surface area contributed by atoms with E-state index >= 15 is 0 Å². The third-order valence-electron chi connectivity index (χ3n) is 7.69. The van der Waals surface area contributed by atoms with Gasteiger partial charge in [0, 0.05) is 16.8 Å². The number of fused-ring (bicyclic) bond motifs is 1. The van der Waals surface area contributed by atoms with E-state index in [2.05, 4.69) is 6.58 Å². The van der Waals surface area contributed by atoms with Crippen molar-refractivity contribution in [3.8, 4) is 0 Å². The Bertz CT molecular complexity index is 824. The molecule has 3 saturated heterocycles. The lowest BCUT2D eigenvalue weighted by Gasteiger charge is -2.44. The van der Waals surface area contributed by atoms with Crippen LogP contribution in [0.3, 0.4) is 0 Å². The fraction of sp³-hybridized carbons (Fsp3) is 0.800. The van der Waals surface area contributed by atoms with Gasteiger partial charge in [-0.2, -0.15) is 0 Å². The number of ether oxygens (including phenoxy) is 1. The molecule has 3 aliphatic rings. The molecule has 3 aliphatic heterocycles. The lowest BCUT2D eigenvalue weighted by atomic mass is 9.66. The summed E-state index contributed by atoms with van der Waals surface area (Å²) in [4.78, 5) is 44.9. The SMILES string of the molecule is C=CCN(C(=O)C1N([C@@H](CO)C(C)C)C(=O)[C@@H]2[C@@H](C(=O)OCC)[C@@]3(C)CCC12S3)C(C)(C)C. The first kappa shape index (κ1) is 26.1. The number of nitrogens with zero attached hydrogens (tertiary/aromatic N) is 2. The van der Waals surface area contributed by atoms with Crippen molar-refractivity contribution in [1.82, 2.24) is 9.80 Å². The first-order chi connectivity index (χ1) is 15.3. The van der Waals surface area contributed by atoms with E-state index in [-0.39, 0.29) is 36.9 Å². The molecule has 1 spiro atoms. The molecule has 2 amide bonds. The summed E-state index contributed by atoms with van der Waals surface area (Å²) in [6, 6.07) is -1.26. The minimum atomic E-state index is -0.750. The normalized spacial score (nSPS) is 33.9. The van der Waals surface area contributed by atoms with Crippen LogP contribution in [0.5, 0.6) is 0 Å². The molecule has 186 valence electrons. The number of aliphatic hydroxyl groups excluding tert-OH is 1. The number of thioether (sulfide) groups is 1. The molecule has 0 radical (unpaired) electrons. The lowest BCUT2D eigenvalue weighted by Crippen LogP contribution is -2.61. The van der Waals surface area contributed by atoms with E-state index in [1.807, 2.05) is 41.5 Å². The van der Waals surface area contributed by atoms with E-state index in [0.29, 0.717) is 13.0 Å². The van der Waals surface area contributed by atoms with Crippen molar-refractivity contribution in [1.29, 1.82) is 0 Å². The first-order valence-electron chi connectivity index (χ1n) is 12.0. The van der Waals surface area contributed by atoms with E-state index in [1.54, 1.807) is 34.6 Å². The summed E-state index contributed by atoms with van der Waals surface area (Å²) in [5, 5.41) is 10.3. The summed E-state index contributed by atoms with van der Waals surface area (Å²) in [6.45, 7) is 17.8. The van der Waals surface area contributed by atoms with Gasteiger partial charge in [0.2, 0.25) is 11.8 Å². The van der Waals surface area contributed by atoms with Gasteiger partial charge in [0.05, 0.1) is 35.8 Å². The molecule has 33 heavy (non-hydrogen) atoms. The van der Waals surface area contributed by atoms with Crippen LogP contribution >= 0.6 is 11.8 Å². The number of carbonyl (C=O) groups is 3. The summed E-state index contributed by atoms with van der Waals surface area (Å²) < 4.78 is 4.26. The van der Waals surface area contributed by atoms with Crippen LogP contribution in [0.1, 0.15) is 61.3 Å². The minimum Gasteiger partial charge on any atom is -0.466 e. The van der Waals surface area contributed by atoms with Crippen molar-refractivity contribution < 1.29 is 24.2 Å². The van der Waals surface area contributed by atoms with E-state index in [4.69, 9.17) is 4.74 Å². The Morgan fingerprint density at radius 2 is 2.00 bits per heavy atom. The van der Waals surface area contributed by atoms with Crippen LogP contribution < -0.4 is 0 Å². The summed E-state index contributed by atoms with van der Waals surface area (Å²) in [7, 11) is 0. The molecule has 3 rings (SSSR count). The Balaban J connectivity index is 2.18. The molecular formula is C25H40N2O5S. The highest BCUT2D eigenvalue weighted by Gasteiger charge is 2.78. The number of rotatable bonds is 8. The van der Waals surface area contributed by atoms with Crippen LogP contribution in [0.4, 0.5) is 0 Å². The maximum absolute atomic E-state index is 14.3. The fourth-order valence-corrected chi connectivity index (χ4v) is 8.51. The summed E-state index contributed by atoms with van der Waals surface area (Å²) in [5.74, 6) is -1.98. The molecule has 8 heteroatoms. The topological polar surface area (TPSA) is 87.2 Å². The highest BCUT2D eigenvalue weighted by molar-refractivity contribution is 8.02. The maximum Gasteiger partial charge on any atom is 0.311 e. The quantitative estimate of drug-likeness (QED) is 0.425. The van der Waals surface area contributed by atoms with Gasteiger partial charge in [0.1, 0.15) is 6.04 Å². The second-order valence-corrected chi connectivity index (χ2v) is 13.0. The molecule has 2 unspecified atom stereocenters. The van der Waals surface area contributed by atoms with Gasteiger partial charge in [-0.15, -0.1) is 18.3 Å². The third kappa shape index (κ3) is 3.91. The molecule has 0 aromatic carbocycles. The van der Waals surface area contributed by atoms with Gasteiger partial charge in [-0.3, -0.25) is 14.4 Å². The average molecular weight is 481 g/mol. The van der Waals surface area contributed by atoms with Gasteiger partial charge < -0.3 is 19.6 Å². The number of amides is 2. The summed E-state index contributed by atoms with van der Waals surface area (Å²) >= 11 is 1.63. The van der Waals surface area contributed by atoms with Crippen LogP contribution in [0.25, 0.3) is 0 Å². The number of carbonyl (C=O) groups excluding carboxylic acids is 3. The van der Waals surface area contributed by atoms with Gasteiger partial charge in [-0.1, -0.05) is 19.9 Å². The largest absolute Gasteiger partial charge is 0.466 e. The number of aliphatic hydroxyl groups is 1. The lowest BCUT2D eigenvalue weighted by molar-refractivity contribution is -0.156. The van der Waals surface area contributed by atoms with Crippen LogP contribution in [-0.2, 0) is 19.1 Å². The van der Waals surface area contributed by atoms with Crippen molar-refractivity contribution in [2.75, 3.05) is 19.8 Å². The van der Waals surface area contributed by atoms with E-state index in [9.17, 15) is 19.5 Å². The minimum absolute atomic E-state index is 0.0502. The van der Waals surface area contributed by atoms with Gasteiger partial charge in [-0.05, 0) is 53.4 Å². The monoisotopic (exact) mass is 480 g/mol. The van der Waals surface area contributed by atoms with Crippen LogP contribution in [0.2, 0.25) is 0 Å². The van der Waals surface area contributed by atoms with Crippen LogP contribution in [0.15, 0.2) is 12.7 Å². The molecule has 6 atom stereocenters. The zero-order chi connectivity index (χ0) is 24.9. The van der Waals surface area contributed by atoms with Gasteiger partial charge in [0.15, 0.2) is 0 Å². The van der Waals surface area contributed by atoms with E-state index in [1.165, 1.54) is 0 Å². The Morgan fingerprint density at radius 3 is 2.48 bits per heavy atom. The van der Waals surface area contributed by atoms with Crippen molar-refractivity contribution in [2.24, 2.45) is 17.8 Å². The molecule has 1 N–H and O–H groups in total. The standard InChI is InChI=1S/C25H40N2O5S/c1-9-13-26(23(5,6)7)21(30)19-25-12-11-24(8,33-25)18(22(31)32-10-2)17(25)20(29)27(19)16(14-28)15(3)4/h9,15-19,28H,1,10-14H2,2-8H3/t16-,17-,18-,19?,24+,25?/m0/s1. The second-order valence-electron chi connectivity index (χ2n) is 11.1. The number of hydrogen-bond donors (Lipinski definition) is 1. The van der Waals surface area contributed by atoms with Crippen molar-refractivity contribution in [2.45, 2.75) is 88.4 Å². The van der Waals surface area contributed by atoms with Crippen molar-refractivity contribution in [3.63, 3.8) is 0 Å². The number of hydrogen-bond acceptors (Lipinski definition) is 6. The molecular weight excluding hydrogens is 440 g/mol. The summed E-state index contributed by atoms with van der Waals surface area (Å²) in [5.41, 5.74) is -0.479. The molecule has 3 fully saturated rings. The van der Waals surface area contributed by atoms with E-state index in [0.717, 1.165) is 6.42 Å². The van der Waals surface area contributed by atoms with Gasteiger partial charge >= 0.3 is 5.97 Å². The summed E-state index contributed by atoms with van der Waals surface area (Å²) in [6.07, 6.45) is 3.12. The van der Waals surface area contributed by atoms with E-state index < -0.39 is 39.0 Å². The predicted octanol–water partition coefficient (Wildman–Crippen LogP) is 2.86. The molecule has 0 aliphatic carbocycles. The number of esters is 1. The van der Waals surface area contributed by atoms with Gasteiger partial charge in [0.25, 0.3) is 0 Å². The third-order valence-corrected chi connectivity index (χ3v) is 9.68. The highest BCUT2D eigenvalue weighted by Crippen LogP contribution is 2.72. The molecule has 2 bridgehead atoms. The predicted molar refractivity (Wildman–Crippen MR) is 130 cm³/mol. The zero-order valence-corrected chi connectivity index (χ0v) is 21.9. The van der Waals surface area contributed by atoms with Crippen LogP contribution in [0, 0.1) is 17.8 Å². The Morgan fingerprint density at radius 1 is 1.36 bits per heavy atom. The Labute approximate surface area is 202 Å². The van der Waals surface area contributed by atoms with Crippen LogP contribution in [-0.4, -0.2) is 79.6 Å². The average Bonchev–Trinajstić information content (AvgIpc) is 3.27. The zero-order valence-electron chi connectivity index (χ0n) is 21.1. The Hall–Kier alpha value is -1.54.